The molecule has 1 fully saturated rings. The molecule has 2 heterocycles. The molecule has 200 valence electrons. The third kappa shape index (κ3) is 4.88. The second-order valence-corrected chi connectivity index (χ2v) is 10.6. The Kier molecular flexibility index (Phi) is 6.70. The van der Waals surface area contributed by atoms with Crippen LogP contribution in [0.1, 0.15) is 11.1 Å². The number of ether oxygens (including phenoxy) is 3. The summed E-state index contributed by atoms with van der Waals surface area (Å²) >= 11 is 0. The number of sulfonamides is 1. The van der Waals surface area contributed by atoms with Crippen LogP contribution in [0.4, 0.5) is 18.9 Å². The standard InChI is InChI=1S/C26H24F3N3O5S/c1-35-18-4-7-20(8-5-18)38(33,34)32-13-11-31(12-14-32)25-21-16-19(36-2)6-10-23(21)37-24-9-3-17(26(27,28)29)15-22(24)30-25/h3-10,15-16H,11-14H2,1-2H3. The summed E-state index contributed by atoms with van der Waals surface area (Å²) in [4.78, 5) is 6.59. The quantitative estimate of drug-likeness (QED) is 0.462. The lowest BCUT2D eigenvalue weighted by molar-refractivity contribution is -0.137. The summed E-state index contributed by atoms with van der Waals surface area (Å²) < 4.78 is 84.5. The van der Waals surface area contributed by atoms with E-state index in [1.807, 2.05) is 4.90 Å². The number of aliphatic imine (C=N–C) groups is 1. The van der Waals surface area contributed by atoms with E-state index in [-0.39, 0.29) is 42.5 Å². The third-order valence-corrected chi connectivity index (χ3v) is 8.31. The topological polar surface area (TPSA) is 80.7 Å². The molecule has 5 rings (SSSR count). The molecule has 8 nitrogen and oxygen atoms in total. The minimum Gasteiger partial charge on any atom is -0.497 e. The molecule has 1 saturated heterocycles. The summed E-state index contributed by atoms with van der Waals surface area (Å²) in [5, 5.41) is 0. The van der Waals surface area contributed by atoms with Gasteiger partial charge < -0.3 is 19.1 Å². The minimum atomic E-state index is -4.55. The number of rotatable bonds is 4. The van der Waals surface area contributed by atoms with E-state index in [1.54, 1.807) is 30.3 Å². The molecule has 0 spiro atoms. The molecule has 0 atom stereocenters. The Morgan fingerprint density at radius 2 is 1.47 bits per heavy atom. The second kappa shape index (κ2) is 9.84. The highest BCUT2D eigenvalue weighted by Gasteiger charge is 2.34. The summed E-state index contributed by atoms with van der Waals surface area (Å²) in [6.07, 6.45) is -4.55. The first-order chi connectivity index (χ1) is 18.1. The molecular weight excluding hydrogens is 523 g/mol. The lowest BCUT2D eigenvalue weighted by Crippen LogP contribution is -2.50. The molecular formula is C26H24F3N3O5S. The Bertz CT molecular complexity index is 1480. The zero-order chi connectivity index (χ0) is 27.1. The molecule has 0 aliphatic carbocycles. The van der Waals surface area contributed by atoms with E-state index < -0.39 is 21.8 Å². The number of halogens is 3. The van der Waals surface area contributed by atoms with Crippen LogP contribution in [0.15, 0.2) is 70.6 Å². The average Bonchev–Trinajstić information content (AvgIpc) is 3.08. The summed E-state index contributed by atoms with van der Waals surface area (Å²) in [5.74, 6) is 2.02. The van der Waals surface area contributed by atoms with Gasteiger partial charge in [0, 0.05) is 26.2 Å². The molecule has 0 saturated carbocycles. The number of piperazine rings is 1. The van der Waals surface area contributed by atoms with Gasteiger partial charge in [0.2, 0.25) is 10.0 Å². The van der Waals surface area contributed by atoms with Crippen LogP contribution in [-0.4, -0.2) is 63.9 Å². The summed E-state index contributed by atoms with van der Waals surface area (Å²) in [6.45, 7) is 0.838. The van der Waals surface area contributed by atoms with E-state index in [4.69, 9.17) is 14.2 Å². The van der Waals surface area contributed by atoms with Crippen molar-refractivity contribution in [3.05, 3.63) is 71.8 Å². The highest BCUT2D eigenvalue weighted by molar-refractivity contribution is 7.89. The monoisotopic (exact) mass is 547 g/mol. The van der Waals surface area contributed by atoms with Crippen molar-refractivity contribution in [2.45, 2.75) is 11.1 Å². The van der Waals surface area contributed by atoms with E-state index in [0.29, 0.717) is 28.6 Å². The van der Waals surface area contributed by atoms with Gasteiger partial charge in [-0.3, -0.25) is 0 Å². The van der Waals surface area contributed by atoms with Gasteiger partial charge in [-0.05, 0) is 60.7 Å². The molecule has 0 N–H and O–H groups in total. The molecule has 3 aromatic carbocycles. The lowest BCUT2D eigenvalue weighted by atomic mass is 10.1. The van der Waals surface area contributed by atoms with Crippen LogP contribution in [0.25, 0.3) is 0 Å². The first-order valence-corrected chi connectivity index (χ1v) is 13.1. The molecule has 2 aliphatic rings. The summed E-state index contributed by atoms with van der Waals surface area (Å²) in [7, 11) is -0.745. The first kappa shape index (κ1) is 25.9. The maximum absolute atomic E-state index is 13.4. The van der Waals surface area contributed by atoms with Crippen LogP contribution in [0.3, 0.4) is 0 Å². The van der Waals surface area contributed by atoms with Crippen molar-refractivity contribution in [3.63, 3.8) is 0 Å². The minimum absolute atomic E-state index is 0.0262. The lowest BCUT2D eigenvalue weighted by Gasteiger charge is -2.36. The number of benzene rings is 3. The highest BCUT2D eigenvalue weighted by Crippen LogP contribution is 2.42. The Hall–Kier alpha value is -3.77. The number of methoxy groups -OCH3 is 2. The van der Waals surface area contributed by atoms with Crippen LogP contribution >= 0.6 is 0 Å². The molecule has 0 bridgehead atoms. The van der Waals surface area contributed by atoms with E-state index in [2.05, 4.69) is 4.99 Å². The first-order valence-electron chi connectivity index (χ1n) is 11.7. The van der Waals surface area contributed by atoms with Gasteiger partial charge in [-0.15, -0.1) is 0 Å². The van der Waals surface area contributed by atoms with Gasteiger partial charge in [0.05, 0.1) is 30.2 Å². The fraction of sp³-hybridized carbons (Fsp3) is 0.269. The summed E-state index contributed by atoms with van der Waals surface area (Å²) in [5.41, 5.74) is -0.291. The van der Waals surface area contributed by atoms with Gasteiger partial charge in [0.15, 0.2) is 5.75 Å². The highest BCUT2D eigenvalue weighted by atomic mass is 32.2. The number of amidine groups is 1. The van der Waals surface area contributed by atoms with Crippen molar-refractivity contribution in [2.24, 2.45) is 4.99 Å². The van der Waals surface area contributed by atoms with Gasteiger partial charge in [-0.25, -0.2) is 13.4 Å². The normalized spacial score (nSPS) is 16.0. The zero-order valence-electron chi connectivity index (χ0n) is 20.5. The van der Waals surface area contributed by atoms with E-state index in [1.165, 1.54) is 36.7 Å². The van der Waals surface area contributed by atoms with Crippen LogP contribution in [0, 0.1) is 0 Å². The van der Waals surface area contributed by atoms with Crippen molar-refractivity contribution in [3.8, 4) is 23.0 Å². The van der Waals surface area contributed by atoms with E-state index >= 15 is 0 Å². The smallest absolute Gasteiger partial charge is 0.416 e. The van der Waals surface area contributed by atoms with Crippen molar-refractivity contribution < 1.29 is 35.8 Å². The Morgan fingerprint density at radius 1 is 0.842 bits per heavy atom. The molecule has 0 unspecified atom stereocenters. The zero-order valence-corrected chi connectivity index (χ0v) is 21.3. The number of nitrogens with zero attached hydrogens (tertiary/aromatic N) is 3. The predicted octanol–water partition coefficient (Wildman–Crippen LogP) is 4.91. The molecule has 0 radical (unpaired) electrons. The van der Waals surface area contributed by atoms with Crippen molar-refractivity contribution in [1.29, 1.82) is 0 Å². The average molecular weight is 548 g/mol. The number of hydrogen-bond donors (Lipinski definition) is 0. The van der Waals surface area contributed by atoms with Crippen LogP contribution in [0.2, 0.25) is 0 Å². The van der Waals surface area contributed by atoms with Crippen LogP contribution in [0.5, 0.6) is 23.0 Å². The maximum atomic E-state index is 13.4. The van der Waals surface area contributed by atoms with E-state index in [0.717, 1.165) is 12.1 Å². The van der Waals surface area contributed by atoms with Crippen molar-refractivity contribution >= 4 is 21.5 Å². The fourth-order valence-corrected chi connectivity index (χ4v) is 5.76. The van der Waals surface area contributed by atoms with Gasteiger partial charge in [-0.2, -0.15) is 17.5 Å². The van der Waals surface area contributed by atoms with Crippen molar-refractivity contribution in [2.75, 3.05) is 40.4 Å². The molecule has 2 aliphatic heterocycles. The fourth-order valence-electron chi connectivity index (χ4n) is 4.34. The Morgan fingerprint density at radius 3 is 2.11 bits per heavy atom. The molecule has 0 amide bonds. The van der Waals surface area contributed by atoms with Gasteiger partial charge in [0.1, 0.15) is 28.8 Å². The van der Waals surface area contributed by atoms with E-state index in [9.17, 15) is 21.6 Å². The molecule has 38 heavy (non-hydrogen) atoms. The summed E-state index contributed by atoms with van der Waals surface area (Å²) in [6, 6.07) is 14.3. The van der Waals surface area contributed by atoms with Gasteiger partial charge >= 0.3 is 6.18 Å². The van der Waals surface area contributed by atoms with Gasteiger partial charge in [-0.1, -0.05) is 0 Å². The van der Waals surface area contributed by atoms with Crippen molar-refractivity contribution in [1.82, 2.24) is 9.21 Å². The second-order valence-electron chi connectivity index (χ2n) is 8.65. The SMILES string of the molecule is COc1ccc(S(=O)(=O)N2CCN(C3=Nc4cc(C(F)(F)F)ccc4Oc4ccc(OC)cc43)CC2)cc1. The number of fused-ring (bicyclic) bond motifs is 2. The van der Waals surface area contributed by atoms with Crippen LogP contribution < -0.4 is 14.2 Å². The number of alkyl halides is 3. The third-order valence-electron chi connectivity index (χ3n) is 6.40. The predicted molar refractivity (Wildman–Crippen MR) is 134 cm³/mol. The molecule has 3 aromatic rings. The molecule has 0 aromatic heterocycles. The largest absolute Gasteiger partial charge is 0.497 e. The van der Waals surface area contributed by atoms with Crippen LogP contribution in [-0.2, 0) is 16.2 Å². The maximum Gasteiger partial charge on any atom is 0.416 e. The molecule has 12 heteroatoms. The Balaban J connectivity index is 1.48. The van der Waals surface area contributed by atoms with Gasteiger partial charge in [0.25, 0.3) is 0 Å². The number of hydrogen-bond acceptors (Lipinski definition) is 7. The Labute approximate surface area is 217 Å².